The lowest BCUT2D eigenvalue weighted by atomic mass is 10.1. The Balaban J connectivity index is 1.55. The molecule has 0 saturated carbocycles. The number of hydrogen-bond donors (Lipinski definition) is 3. The number of aromatic nitrogens is 2. The third-order valence-electron chi connectivity index (χ3n) is 5.63. The highest BCUT2D eigenvalue weighted by Gasteiger charge is 2.16. The summed E-state index contributed by atoms with van der Waals surface area (Å²) in [5.41, 5.74) is 3.49. The van der Waals surface area contributed by atoms with Gasteiger partial charge in [-0.15, -0.1) is 0 Å². The number of carbonyl (C=O) groups is 1. The number of anilines is 2. The average Bonchev–Trinajstić information content (AvgIpc) is 2.84. The molecule has 0 atom stereocenters. The minimum atomic E-state index is -0.447. The number of ether oxygens (including phenoxy) is 4. The van der Waals surface area contributed by atoms with Crippen molar-refractivity contribution >= 4 is 28.6 Å². The molecule has 0 spiro atoms. The van der Waals surface area contributed by atoms with Crippen LogP contribution in [-0.4, -0.2) is 79.5 Å². The van der Waals surface area contributed by atoms with E-state index < -0.39 is 5.60 Å². The van der Waals surface area contributed by atoms with E-state index in [-0.39, 0.29) is 5.97 Å². The van der Waals surface area contributed by atoms with Crippen LogP contribution in [0.3, 0.4) is 0 Å². The Morgan fingerprint density at radius 2 is 1.78 bits per heavy atom. The lowest BCUT2D eigenvalue weighted by Crippen LogP contribution is -2.38. The second kappa shape index (κ2) is 13.4. The van der Waals surface area contributed by atoms with E-state index >= 15 is 0 Å². The number of morpholine rings is 1. The fourth-order valence-corrected chi connectivity index (χ4v) is 3.84. The van der Waals surface area contributed by atoms with Gasteiger partial charge in [0.05, 0.1) is 31.4 Å². The van der Waals surface area contributed by atoms with Crippen LogP contribution in [-0.2, 0) is 14.3 Å². The van der Waals surface area contributed by atoms with Gasteiger partial charge in [0.15, 0.2) is 23.1 Å². The van der Waals surface area contributed by atoms with Gasteiger partial charge in [-0.2, -0.15) is 0 Å². The number of benzene rings is 1. The van der Waals surface area contributed by atoms with Crippen LogP contribution in [0.4, 0.5) is 11.6 Å². The van der Waals surface area contributed by atoms with Crippen molar-refractivity contribution in [1.29, 1.82) is 0 Å². The highest BCUT2D eigenvalue weighted by atomic mass is 16.6. The van der Waals surface area contributed by atoms with Crippen molar-refractivity contribution in [1.82, 2.24) is 14.9 Å². The molecule has 2 heterocycles. The van der Waals surface area contributed by atoms with Crippen molar-refractivity contribution in [3.8, 4) is 11.5 Å². The number of hydrogen-bond acceptors (Lipinski definition) is 11. The molecule has 11 nitrogen and oxygen atoms in total. The summed E-state index contributed by atoms with van der Waals surface area (Å²) in [7, 11) is 1.61. The smallest absolute Gasteiger partial charge is 0.306 e. The first-order valence-electron chi connectivity index (χ1n) is 12.5. The number of nitrogens with two attached hydrogens (primary N) is 1. The number of unbranched alkanes of at least 4 members (excludes halogenated alkanes) is 2. The summed E-state index contributed by atoms with van der Waals surface area (Å²) in [6, 6.07) is 3.64. The number of esters is 1. The van der Waals surface area contributed by atoms with Gasteiger partial charge in [0, 0.05) is 44.7 Å². The van der Waals surface area contributed by atoms with Crippen LogP contribution >= 0.6 is 0 Å². The summed E-state index contributed by atoms with van der Waals surface area (Å²) in [4.78, 5) is 23.4. The summed E-state index contributed by atoms with van der Waals surface area (Å²) < 4.78 is 22.3. The van der Waals surface area contributed by atoms with E-state index in [0.29, 0.717) is 53.7 Å². The summed E-state index contributed by atoms with van der Waals surface area (Å²) in [6.07, 6.45) is 2.94. The highest BCUT2D eigenvalue weighted by molar-refractivity contribution is 5.83. The predicted octanol–water partition coefficient (Wildman–Crippen LogP) is 2.95. The molecule has 3 rings (SSSR count). The van der Waals surface area contributed by atoms with Gasteiger partial charge in [0.25, 0.3) is 0 Å². The fraction of sp³-hybridized carbons (Fsp3) is 0.640. The maximum atomic E-state index is 11.8. The summed E-state index contributed by atoms with van der Waals surface area (Å²) >= 11 is 0. The second-order valence-corrected chi connectivity index (χ2v) is 9.68. The van der Waals surface area contributed by atoms with E-state index in [1.807, 2.05) is 32.9 Å². The van der Waals surface area contributed by atoms with Crippen molar-refractivity contribution < 1.29 is 23.7 Å². The first-order chi connectivity index (χ1) is 17.3. The molecule has 4 N–H and O–H groups in total. The quantitative estimate of drug-likeness (QED) is 0.161. The summed E-state index contributed by atoms with van der Waals surface area (Å²) in [6.45, 7) is 11.0. The number of hydrazine groups is 1. The normalized spacial score (nSPS) is 14.5. The molecule has 200 valence electrons. The maximum absolute atomic E-state index is 11.8. The molecule has 1 aromatic heterocycles. The Morgan fingerprint density at radius 1 is 1.08 bits per heavy atom. The van der Waals surface area contributed by atoms with Gasteiger partial charge in [-0.1, -0.05) is 6.42 Å². The monoisotopic (exact) mass is 504 g/mol. The minimum absolute atomic E-state index is 0.163. The zero-order valence-electron chi connectivity index (χ0n) is 21.9. The number of nitrogen functional groups attached to an aromatic ring is 1. The number of fused-ring (bicyclic) bond motifs is 1. The van der Waals surface area contributed by atoms with Crippen molar-refractivity contribution in [2.45, 2.75) is 52.1 Å². The molecular formula is C25H40N6O5. The Hall–Kier alpha value is -2.89. The number of rotatable bonds is 13. The number of nitrogens with zero attached hydrogens (tertiary/aromatic N) is 3. The van der Waals surface area contributed by atoms with Crippen molar-refractivity contribution in [3.63, 3.8) is 0 Å². The van der Waals surface area contributed by atoms with Gasteiger partial charge < -0.3 is 29.7 Å². The molecule has 0 unspecified atom stereocenters. The lowest BCUT2D eigenvalue weighted by Gasteiger charge is -2.26. The van der Waals surface area contributed by atoms with Gasteiger partial charge in [0.2, 0.25) is 0 Å². The van der Waals surface area contributed by atoms with Gasteiger partial charge >= 0.3 is 5.97 Å². The highest BCUT2D eigenvalue weighted by Crippen LogP contribution is 2.33. The number of nitrogens with one attached hydrogen (secondary N) is 2. The van der Waals surface area contributed by atoms with Crippen LogP contribution in [0.25, 0.3) is 11.0 Å². The van der Waals surface area contributed by atoms with Crippen LogP contribution < -0.4 is 26.1 Å². The molecule has 1 aromatic carbocycles. The largest absolute Gasteiger partial charge is 0.493 e. The second-order valence-electron chi connectivity index (χ2n) is 9.68. The van der Waals surface area contributed by atoms with E-state index in [2.05, 4.69) is 25.6 Å². The van der Waals surface area contributed by atoms with E-state index in [9.17, 15) is 4.79 Å². The topological polar surface area (TPSA) is 133 Å². The molecule has 1 saturated heterocycles. The van der Waals surface area contributed by atoms with Crippen molar-refractivity contribution in [2.75, 3.05) is 63.9 Å². The first-order valence-corrected chi connectivity index (χ1v) is 12.5. The van der Waals surface area contributed by atoms with Crippen molar-refractivity contribution in [3.05, 3.63) is 12.1 Å². The van der Waals surface area contributed by atoms with Crippen LogP contribution in [0.15, 0.2) is 12.1 Å². The molecule has 1 aliphatic rings. The van der Waals surface area contributed by atoms with E-state index in [4.69, 9.17) is 24.8 Å². The third kappa shape index (κ3) is 8.65. The molecule has 0 amide bonds. The molecule has 0 aliphatic carbocycles. The van der Waals surface area contributed by atoms with Gasteiger partial charge in [-0.25, -0.2) is 15.8 Å². The molecule has 0 radical (unpaired) electrons. The molecular weight excluding hydrogens is 464 g/mol. The molecule has 1 aliphatic heterocycles. The van der Waals surface area contributed by atoms with Crippen LogP contribution in [0.2, 0.25) is 0 Å². The Bertz CT molecular complexity index is 991. The number of carbonyl (C=O) groups excluding carboxylic acids is 1. The van der Waals surface area contributed by atoms with Gasteiger partial charge in [-0.3, -0.25) is 9.69 Å². The van der Waals surface area contributed by atoms with E-state index in [1.54, 1.807) is 7.11 Å². The Labute approximate surface area is 213 Å². The summed E-state index contributed by atoms with van der Waals surface area (Å²) in [5.74, 6) is 7.77. The van der Waals surface area contributed by atoms with Gasteiger partial charge in [-0.05, 0) is 33.6 Å². The average molecular weight is 505 g/mol. The maximum Gasteiger partial charge on any atom is 0.306 e. The van der Waals surface area contributed by atoms with E-state index in [1.165, 1.54) is 0 Å². The SMILES string of the molecule is COc1cc2nc(NCCCCCC(=O)OC(C)(C)C)c(NN)nc2cc1OCCN1CCOCC1. The van der Waals surface area contributed by atoms with Crippen LogP contribution in [0, 0.1) is 0 Å². The number of methoxy groups -OCH3 is 1. The predicted molar refractivity (Wildman–Crippen MR) is 139 cm³/mol. The zero-order valence-corrected chi connectivity index (χ0v) is 21.9. The minimum Gasteiger partial charge on any atom is -0.493 e. The van der Waals surface area contributed by atoms with Gasteiger partial charge in [0.1, 0.15) is 12.2 Å². The third-order valence-corrected chi connectivity index (χ3v) is 5.63. The molecule has 2 aromatic rings. The van der Waals surface area contributed by atoms with Crippen LogP contribution in [0.5, 0.6) is 11.5 Å². The van der Waals surface area contributed by atoms with E-state index in [0.717, 1.165) is 52.1 Å². The molecule has 36 heavy (non-hydrogen) atoms. The van der Waals surface area contributed by atoms with Crippen LogP contribution in [0.1, 0.15) is 46.5 Å². The summed E-state index contributed by atoms with van der Waals surface area (Å²) in [5, 5.41) is 3.29. The Morgan fingerprint density at radius 3 is 2.44 bits per heavy atom. The van der Waals surface area contributed by atoms with Crippen molar-refractivity contribution in [2.24, 2.45) is 5.84 Å². The lowest BCUT2D eigenvalue weighted by molar-refractivity contribution is -0.154. The standard InChI is InChI=1S/C25H40N6O5/c1-25(2,3)36-22(32)8-6-5-7-9-27-23-24(30-26)29-19-17-21(20(33-4)16-18(19)28-23)35-15-12-31-10-13-34-14-11-31/h16-17H,5-15,26H2,1-4H3,(H,27,28)(H,29,30). The fourth-order valence-electron chi connectivity index (χ4n) is 3.84. The first kappa shape index (κ1) is 27.7. The molecule has 0 bridgehead atoms. The Kier molecular flexibility index (Phi) is 10.3. The molecule has 1 fully saturated rings. The zero-order chi connectivity index (χ0) is 26.0. The molecule has 11 heteroatoms.